The number of benzene rings is 2. The van der Waals surface area contributed by atoms with Gasteiger partial charge in [0.15, 0.2) is 0 Å². The molecule has 8 heteroatoms. The van der Waals surface area contributed by atoms with Gasteiger partial charge in [-0.2, -0.15) is 5.26 Å². The second kappa shape index (κ2) is 8.35. The van der Waals surface area contributed by atoms with E-state index in [2.05, 4.69) is 35.4 Å². The predicted octanol–water partition coefficient (Wildman–Crippen LogP) is 4.00. The molecule has 0 bridgehead atoms. The molecule has 3 rings (SSSR count). The third-order valence-corrected chi connectivity index (χ3v) is 5.88. The zero-order chi connectivity index (χ0) is 20.1. The summed E-state index contributed by atoms with van der Waals surface area (Å²) >= 11 is 1.39. The number of primary sulfonamides is 1. The number of sulfonamides is 1. The van der Waals surface area contributed by atoms with Crippen LogP contribution in [0, 0.1) is 11.3 Å². The van der Waals surface area contributed by atoms with Gasteiger partial charge in [0.25, 0.3) is 0 Å². The van der Waals surface area contributed by atoms with Crippen LogP contribution in [0.5, 0.6) is 0 Å². The molecule has 1 aromatic heterocycles. The van der Waals surface area contributed by atoms with Crippen molar-refractivity contribution in [3.05, 3.63) is 70.7 Å². The molecule has 6 nitrogen and oxygen atoms in total. The fourth-order valence-electron chi connectivity index (χ4n) is 2.48. The highest BCUT2D eigenvalue weighted by atomic mass is 32.2. The SMILES string of the molecule is CCc1ccc(-c2csc(/C(C#N)=C/Nc3ccc(S(N)(=O)=O)cc3)n2)cc1. The second-order valence-electron chi connectivity index (χ2n) is 5.97. The Labute approximate surface area is 168 Å². The van der Waals surface area contributed by atoms with Crippen LogP contribution in [0.25, 0.3) is 16.8 Å². The van der Waals surface area contributed by atoms with E-state index in [1.807, 2.05) is 17.5 Å². The van der Waals surface area contributed by atoms with Gasteiger partial charge in [0.05, 0.1) is 10.6 Å². The molecule has 0 saturated heterocycles. The van der Waals surface area contributed by atoms with Crippen molar-refractivity contribution in [3.8, 4) is 17.3 Å². The largest absolute Gasteiger partial charge is 0.360 e. The molecule has 0 unspecified atom stereocenters. The Bertz CT molecular complexity index is 1140. The molecule has 142 valence electrons. The third kappa shape index (κ3) is 4.64. The van der Waals surface area contributed by atoms with E-state index in [0.29, 0.717) is 16.3 Å². The average Bonchev–Trinajstić information content (AvgIpc) is 3.18. The molecule has 0 aliphatic rings. The Morgan fingerprint density at radius 2 is 1.89 bits per heavy atom. The van der Waals surface area contributed by atoms with Crippen LogP contribution in [0.4, 0.5) is 5.69 Å². The summed E-state index contributed by atoms with van der Waals surface area (Å²) in [5.41, 5.74) is 4.10. The number of rotatable bonds is 6. The number of aryl methyl sites for hydroxylation is 1. The molecule has 0 atom stereocenters. The molecule has 28 heavy (non-hydrogen) atoms. The highest BCUT2D eigenvalue weighted by Gasteiger charge is 2.10. The molecule has 0 fully saturated rings. The molecule has 0 radical (unpaired) electrons. The summed E-state index contributed by atoms with van der Waals surface area (Å²) < 4.78 is 22.6. The van der Waals surface area contributed by atoms with E-state index in [1.54, 1.807) is 18.3 Å². The van der Waals surface area contributed by atoms with Gasteiger partial charge in [0.1, 0.15) is 16.6 Å². The zero-order valence-corrected chi connectivity index (χ0v) is 16.7. The van der Waals surface area contributed by atoms with Crippen LogP contribution in [-0.4, -0.2) is 13.4 Å². The van der Waals surface area contributed by atoms with E-state index in [-0.39, 0.29) is 4.90 Å². The van der Waals surface area contributed by atoms with Crippen LogP contribution in [0.2, 0.25) is 0 Å². The monoisotopic (exact) mass is 410 g/mol. The van der Waals surface area contributed by atoms with Crippen molar-refractivity contribution < 1.29 is 8.42 Å². The summed E-state index contributed by atoms with van der Waals surface area (Å²) in [6, 6.07) is 16.3. The number of nitrogens with zero attached hydrogens (tertiary/aromatic N) is 2. The van der Waals surface area contributed by atoms with Crippen molar-refractivity contribution in [1.29, 1.82) is 5.26 Å². The van der Waals surface area contributed by atoms with Gasteiger partial charge < -0.3 is 5.32 Å². The molecule has 3 aromatic rings. The minimum Gasteiger partial charge on any atom is -0.360 e. The Hall–Kier alpha value is -2.99. The van der Waals surface area contributed by atoms with Gasteiger partial charge in [-0.3, -0.25) is 0 Å². The molecule has 0 spiro atoms. The maximum absolute atomic E-state index is 11.3. The van der Waals surface area contributed by atoms with Crippen molar-refractivity contribution >= 4 is 32.6 Å². The topological polar surface area (TPSA) is 109 Å². The third-order valence-electron chi connectivity index (χ3n) is 4.08. The highest BCUT2D eigenvalue weighted by Crippen LogP contribution is 2.26. The second-order valence-corrected chi connectivity index (χ2v) is 8.39. The van der Waals surface area contributed by atoms with Gasteiger partial charge >= 0.3 is 0 Å². The predicted molar refractivity (Wildman–Crippen MR) is 112 cm³/mol. The number of aromatic nitrogens is 1. The van der Waals surface area contributed by atoms with E-state index in [9.17, 15) is 13.7 Å². The average molecular weight is 411 g/mol. The van der Waals surface area contributed by atoms with E-state index in [1.165, 1.54) is 29.0 Å². The number of hydrogen-bond acceptors (Lipinski definition) is 6. The lowest BCUT2D eigenvalue weighted by atomic mass is 10.1. The van der Waals surface area contributed by atoms with Gasteiger partial charge in [0.2, 0.25) is 10.0 Å². The van der Waals surface area contributed by atoms with E-state index < -0.39 is 10.0 Å². The Balaban J connectivity index is 1.78. The van der Waals surface area contributed by atoms with Crippen LogP contribution < -0.4 is 10.5 Å². The van der Waals surface area contributed by atoms with Crippen molar-refractivity contribution in [2.75, 3.05) is 5.32 Å². The molecular formula is C20H18N4O2S2. The standard InChI is InChI=1S/C20H18N4O2S2/c1-2-14-3-5-15(6-4-14)19-13-27-20(24-19)16(11-21)12-23-17-7-9-18(10-8-17)28(22,25)26/h3-10,12-13,23H,2H2,1H3,(H2,22,25,26)/b16-12+. The first-order valence-electron chi connectivity index (χ1n) is 8.45. The molecule has 0 aliphatic carbocycles. The molecule has 0 aliphatic heterocycles. The fourth-order valence-corrected chi connectivity index (χ4v) is 3.79. The number of nitrogens with two attached hydrogens (primary N) is 1. The van der Waals surface area contributed by atoms with Gasteiger partial charge in [-0.1, -0.05) is 31.2 Å². The minimum absolute atomic E-state index is 0.0289. The lowest BCUT2D eigenvalue weighted by Crippen LogP contribution is -2.11. The molecular weight excluding hydrogens is 392 g/mol. The lowest BCUT2D eigenvalue weighted by molar-refractivity contribution is 0.598. The minimum atomic E-state index is -3.73. The first-order valence-corrected chi connectivity index (χ1v) is 10.9. The maximum atomic E-state index is 11.3. The quantitative estimate of drug-likeness (QED) is 0.597. The number of nitrogens with one attached hydrogen (secondary N) is 1. The van der Waals surface area contributed by atoms with E-state index >= 15 is 0 Å². The summed E-state index contributed by atoms with van der Waals surface area (Å²) in [7, 11) is -3.73. The lowest BCUT2D eigenvalue weighted by Gasteiger charge is -2.03. The fraction of sp³-hybridized carbons (Fsp3) is 0.100. The van der Waals surface area contributed by atoms with Gasteiger partial charge in [-0.05, 0) is 36.2 Å². The van der Waals surface area contributed by atoms with Gasteiger partial charge in [-0.15, -0.1) is 11.3 Å². The summed E-state index contributed by atoms with van der Waals surface area (Å²) in [5, 5.41) is 20.1. The Morgan fingerprint density at radius 1 is 1.21 bits per heavy atom. The van der Waals surface area contributed by atoms with Gasteiger partial charge in [0, 0.05) is 22.8 Å². The Kier molecular flexibility index (Phi) is 5.90. The van der Waals surface area contributed by atoms with Gasteiger partial charge in [-0.25, -0.2) is 18.5 Å². The van der Waals surface area contributed by atoms with Crippen LogP contribution in [-0.2, 0) is 16.4 Å². The number of anilines is 1. The van der Waals surface area contributed by atoms with Crippen molar-refractivity contribution in [1.82, 2.24) is 4.98 Å². The molecule has 2 aromatic carbocycles. The van der Waals surface area contributed by atoms with Crippen LogP contribution in [0.1, 0.15) is 17.5 Å². The number of allylic oxidation sites excluding steroid dienone is 1. The first kappa shape index (κ1) is 19.8. The van der Waals surface area contributed by atoms with Crippen LogP contribution in [0.15, 0.2) is 65.0 Å². The molecule has 0 saturated carbocycles. The van der Waals surface area contributed by atoms with Crippen LogP contribution >= 0.6 is 11.3 Å². The van der Waals surface area contributed by atoms with Crippen molar-refractivity contribution in [3.63, 3.8) is 0 Å². The van der Waals surface area contributed by atoms with Crippen molar-refractivity contribution in [2.45, 2.75) is 18.2 Å². The molecule has 1 heterocycles. The smallest absolute Gasteiger partial charge is 0.238 e. The Morgan fingerprint density at radius 3 is 2.46 bits per heavy atom. The summed E-state index contributed by atoms with van der Waals surface area (Å²) in [6.45, 7) is 2.11. The van der Waals surface area contributed by atoms with E-state index in [4.69, 9.17) is 5.14 Å². The molecule has 0 amide bonds. The molecule has 3 N–H and O–H groups in total. The highest BCUT2D eigenvalue weighted by molar-refractivity contribution is 7.89. The number of nitriles is 1. The number of hydrogen-bond donors (Lipinski definition) is 2. The summed E-state index contributed by atoms with van der Waals surface area (Å²) in [5.74, 6) is 0. The zero-order valence-electron chi connectivity index (χ0n) is 15.1. The first-order chi connectivity index (χ1) is 13.4. The summed E-state index contributed by atoms with van der Waals surface area (Å²) in [6.07, 6.45) is 2.53. The number of thiazole rings is 1. The van der Waals surface area contributed by atoms with Crippen molar-refractivity contribution in [2.24, 2.45) is 5.14 Å². The van der Waals surface area contributed by atoms with Crippen LogP contribution in [0.3, 0.4) is 0 Å². The normalized spacial score (nSPS) is 11.8. The van der Waals surface area contributed by atoms with E-state index in [0.717, 1.165) is 17.7 Å². The maximum Gasteiger partial charge on any atom is 0.238 e. The summed E-state index contributed by atoms with van der Waals surface area (Å²) in [4.78, 5) is 4.59.